The Bertz CT molecular complexity index is 1040. The van der Waals surface area contributed by atoms with Crippen LogP contribution in [-0.4, -0.2) is 48.1 Å². The lowest BCUT2D eigenvalue weighted by molar-refractivity contribution is -0.140. The third-order valence-corrected chi connectivity index (χ3v) is 5.62. The van der Waals surface area contributed by atoms with Crippen molar-refractivity contribution < 1.29 is 24.2 Å². The van der Waals surface area contributed by atoms with Crippen molar-refractivity contribution in [3.05, 3.63) is 69.2 Å². The van der Waals surface area contributed by atoms with Crippen molar-refractivity contribution in [2.24, 2.45) is 0 Å². The third-order valence-electron chi connectivity index (χ3n) is 5.12. The highest BCUT2D eigenvalue weighted by atomic mass is 35.5. The lowest BCUT2D eigenvalue weighted by atomic mass is 9.95. The molecule has 1 N–H and O–H groups in total. The first-order valence-electron chi connectivity index (χ1n) is 10.2. The SMILES string of the molecule is COc1c(Cl)cc(Cl)cc1/C(O)=C1\C(=O)C(=O)N(CCCOC(C)C)C1c1ccccc1. The highest BCUT2D eigenvalue weighted by Crippen LogP contribution is 2.43. The minimum absolute atomic E-state index is 0.0392. The Balaban J connectivity index is 2.11. The van der Waals surface area contributed by atoms with Gasteiger partial charge in [0.2, 0.25) is 0 Å². The van der Waals surface area contributed by atoms with E-state index in [2.05, 4.69) is 0 Å². The van der Waals surface area contributed by atoms with E-state index in [9.17, 15) is 14.7 Å². The number of rotatable bonds is 8. The maximum Gasteiger partial charge on any atom is 0.295 e. The number of halogens is 2. The average molecular weight is 478 g/mol. The van der Waals surface area contributed by atoms with Gasteiger partial charge in [-0.15, -0.1) is 0 Å². The van der Waals surface area contributed by atoms with Crippen LogP contribution < -0.4 is 4.74 Å². The van der Waals surface area contributed by atoms with Crippen molar-refractivity contribution in [1.29, 1.82) is 0 Å². The van der Waals surface area contributed by atoms with E-state index in [1.165, 1.54) is 24.1 Å². The third kappa shape index (κ3) is 4.93. The van der Waals surface area contributed by atoms with Crippen LogP contribution in [0.3, 0.4) is 0 Å². The summed E-state index contributed by atoms with van der Waals surface area (Å²) in [5, 5.41) is 11.7. The summed E-state index contributed by atoms with van der Waals surface area (Å²) in [5.74, 6) is -1.69. The fraction of sp³-hybridized carbons (Fsp3) is 0.333. The number of ether oxygens (including phenoxy) is 2. The molecule has 0 aliphatic carbocycles. The van der Waals surface area contributed by atoms with Gasteiger partial charge in [-0.25, -0.2) is 0 Å². The molecule has 1 unspecified atom stereocenters. The number of likely N-dealkylation sites (tertiary alicyclic amines) is 1. The number of benzene rings is 2. The molecule has 1 aliphatic heterocycles. The molecular weight excluding hydrogens is 453 g/mol. The number of aliphatic hydroxyl groups is 1. The maximum absolute atomic E-state index is 13.1. The molecule has 6 nitrogen and oxygen atoms in total. The minimum atomic E-state index is -0.778. The molecule has 0 saturated carbocycles. The Morgan fingerprint density at radius 1 is 1.16 bits per heavy atom. The number of aliphatic hydroxyl groups excluding tert-OH is 1. The van der Waals surface area contributed by atoms with E-state index in [1.807, 2.05) is 44.2 Å². The molecule has 170 valence electrons. The Hall–Kier alpha value is -2.54. The van der Waals surface area contributed by atoms with Crippen molar-refractivity contribution >= 4 is 40.7 Å². The summed E-state index contributed by atoms with van der Waals surface area (Å²) in [4.78, 5) is 27.5. The molecular formula is C24H25Cl2NO5. The lowest BCUT2D eigenvalue weighted by Crippen LogP contribution is -2.31. The Morgan fingerprint density at radius 2 is 1.84 bits per heavy atom. The van der Waals surface area contributed by atoms with Crippen molar-refractivity contribution in [3.63, 3.8) is 0 Å². The van der Waals surface area contributed by atoms with Gasteiger partial charge in [0, 0.05) is 18.2 Å². The van der Waals surface area contributed by atoms with Gasteiger partial charge < -0.3 is 19.5 Å². The second-order valence-electron chi connectivity index (χ2n) is 7.64. The quantitative estimate of drug-likeness (QED) is 0.243. The normalized spacial score (nSPS) is 17.9. The molecule has 1 fully saturated rings. The molecule has 3 rings (SSSR count). The van der Waals surface area contributed by atoms with Crippen molar-refractivity contribution in [3.8, 4) is 5.75 Å². The molecule has 1 atom stereocenters. The van der Waals surface area contributed by atoms with Crippen LogP contribution in [0.2, 0.25) is 10.0 Å². The Morgan fingerprint density at radius 3 is 2.47 bits per heavy atom. The van der Waals surface area contributed by atoms with Gasteiger partial charge in [-0.1, -0.05) is 53.5 Å². The number of hydrogen-bond acceptors (Lipinski definition) is 5. The highest BCUT2D eigenvalue weighted by molar-refractivity contribution is 6.46. The Labute approximate surface area is 197 Å². The van der Waals surface area contributed by atoms with Crippen molar-refractivity contribution in [2.45, 2.75) is 32.4 Å². The first-order valence-corrected chi connectivity index (χ1v) is 11.0. The van der Waals surface area contributed by atoms with Crippen LogP contribution in [0.5, 0.6) is 5.75 Å². The number of carbonyl (C=O) groups excluding carboxylic acids is 2. The molecule has 1 heterocycles. The van der Waals surface area contributed by atoms with Gasteiger partial charge >= 0.3 is 0 Å². The lowest BCUT2D eigenvalue weighted by Gasteiger charge is -2.25. The number of amides is 1. The zero-order valence-corrected chi connectivity index (χ0v) is 19.6. The van der Waals surface area contributed by atoms with Gasteiger partial charge in [-0.05, 0) is 38.0 Å². The molecule has 0 bridgehead atoms. The van der Waals surface area contributed by atoms with Crippen LogP contribution >= 0.6 is 23.2 Å². The second-order valence-corrected chi connectivity index (χ2v) is 8.49. The first kappa shape index (κ1) is 24.1. The van der Waals surface area contributed by atoms with Crippen LogP contribution in [0.4, 0.5) is 0 Å². The molecule has 0 aromatic heterocycles. The molecule has 0 spiro atoms. The Kier molecular flexibility index (Phi) is 7.82. The van der Waals surface area contributed by atoms with Gasteiger partial charge in [0.15, 0.2) is 0 Å². The number of nitrogens with zero attached hydrogens (tertiary/aromatic N) is 1. The largest absolute Gasteiger partial charge is 0.507 e. The van der Waals surface area contributed by atoms with Gasteiger partial charge in [0.1, 0.15) is 11.5 Å². The second kappa shape index (κ2) is 10.4. The van der Waals surface area contributed by atoms with E-state index in [-0.39, 0.29) is 38.8 Å². The topological polar surface area (TPSA) is 76.1 Å². The van der Waals surface area contributed by atoms with Crippen molar-refractivity contribution in [1.82, 2.24) is 4.90 Å². The summed E-state index contributed by atoms with van der Waals surface area (Å²) in [6, 6.07) is 11.2. The molecule has 2 aromatic carbocycles. The van der Waals surface area contributed by atoms with E-state index in [1.54, 1.807) is 0 Å². The molecule has 0 radical (unpaired) electrons. The molecule has 2 aromatic rings. The van der Waals surface area contributed by atoms with Gasteiger partial charge in [-0.2, -0.15) is 0 Å². The monoisotopic (exact) mass is 477 g/mol. The zero-order chi connectivity index (χ0) is 23.4. The van der Waals surface area contributed by atoms with Crippen LogP contribution in [0, 0.1) is 0 Å². The predicted octanol–water partition coefficient (Wildman–Crippen LogP) is 5.24. The molecule has 1 amide bonds. The van der Waals surface area contributed by atoms with E-state index >= 15 is 0 Å². The van der Waals surface area contributed by atoms with E-state index in [0.29, 0.717) is 25.1 Å². The summed E-state index contributed by atoms with van der Waals surface area (Å²) in [5.41, 5.74) is 0.805. The smallest absolute Gasteiger partial charge is 0.295 e. The first-order chi connectivity index (χ1) is 15.3. The summed E-state index contributed by atoms with van der Waals surface area (Å²) < 4.78 is 10.9. The molecule has 1 saturated heterocycles. The summed E-state index contributed by atoms with van der Waals surface area (Å²) in [7, 11) is 1.40. The van der Waals surface area contributed by atoms with Gasteiger partial charge in [-0.3, -0.25) is 9.59 Å². The van der Waals surface area contributed by atoms with Crippen LogP contribution in [0.15, 0.2) is 48.0 Å². The summed E-state index contributed by atoms with van der Waals surface area (Å²) in [6.45, 7) is 4.60. The fourth-order valence-corrected chi connectivity index (χ4v) is 4.31. The number of ketones is 1. The highest BCUT2D eigenvalue weighted by Gasteiger charge is 2.46. The van der Waals surface area contributed by atoms with Crippen molar-refractivity contribution in [2.75, 3.05) is 20.3 Å². The summed E-state index contributed by atoms with van der Waals surface area (Å²) in [6.07, 6.45) is 0.608. The summed E-state index contributed by atoms with van der Waals surface area (Å²) >= 11 is 12.4. The minimum Gasteiger partial charge on any atom is -0.507 e. The van der Waals surface area contributed by atoms with E-state index in [0.717, 1.165) is 0 Å². The zero-order valence-electron chi connectivity index (χ0n) is 18.1. The van der Waals surface area contributed by atoms with Gasteiger partial charge in [0.25, 0.3) is 11.7 Å². The van der Waals surface area contributed by atoms with Crippen LogP contribution in [-0.2, 0) is 14.3 Å². The van der Waals surface area contributed by atoms with E-state index < -0.39 is 17.7 Å². The number of methoxy groups -OCH3 is 1. The molecule has 8 heteroatoms. The van der Waals surface area contributed by atoms with Gasteiger partial charge in [0.05, 0.1) is 35.4 Å². The predicted molar refractivity (Wildman–Crippen MR) is 124 cm³/mol. The number of hydrogen-bond donors (Lipinski definition) is 1. The number of Topliss-reactive ketones (excluding diaryl/α,β-unsaturated/α-hetero) is 1. The average Bonchev–Trinajstić information content (AvgIpc) is 3.01. The maximum atomic E-state index is 13.1. The van der Waals surface area contributed by atoms with E-state index in [4.69, 9.17) is 32.7 Å². The van der Waals surface area contributed by atoms with Crippen LogP contribution in [0.25, 0.3) is 5.76 Å². The fourth-order valence-electron chi connectivity index (χ4n) is 3.74. The van der Waals surface area contributed by atoms with Crippen LogP contribution in [0.1, 0.15) is 37.4 Å². The standard InChI is InChI=1S/C24H25Cl2NO5/c1-14(2)32-11-7-10-27-20(15-8-5-4-6-9-15)19(22(29)24(27)30)21(28)17-12-16(25)13-18(26)23(17)31-3/h4-6,8-9,12-14,20,28H,7,10-11H2,1-3H3/b21-19+. The number of carbonyl (C=O) groups is 2. The molecule has 32 heavy (non-hydrogen) atoms. The molecule has 1 aliphatic rings.